The lowest BCUT2D eigenvalue weighted by Gasteiger charge is -2.14. The van der Waals surface area contributed by atoms with Gasteiger partial charge in [-0.15, -0.1) is 10.2 Å². The Hall–Kier alpha value is -3.39. The highest BCUT2D eigenvalue weighted by Gasteiger charge is 2.18. The maximum Gasteiger partial charge on any atom is 0.234 e. The Morgan fingerprint density at radius 3 is 2.65 bits per heavy atom. The van der Waals surface area contributed by atoms with Gasteiger partial charge in [0.25, 0.3) is 0 Å². The molecule has 6 nitrogen and oxygen atoms in total. The fraction of sp³-hybridized carbons (Fsp3) is 0.174. The Balaban J connectivity index is 1.38. The van der Waals surface area contributed by atoms with Crippen LogP contribution in [0, 0.1) is 5.82 Å². The highest BCUT2D eigenvalue weighted by atomic mass is 32.2. The van der Waals surface area contributed by atoms with Crippen molar-refractivity contribution in [1.29, 1.82) is 0 Å². The van der Waals surface area contributed by atoms with Crippen molar-refractivity contribution >= 4 is 34.1 Å². The van der Waals surface area contributed by atoms with E-state index >= 15 is 0 Å². The first kappa shape index (κ1) is 20.9. The van der Waals surface area contributed by atoms with E-state index in [4.69, 9.17) is 4.74 Å². The number of benzene rings is 3. The number of nitrogens with zero attached hydrogens (tertiary/aromatic N) is 3. The predicted molar refractivity (Wildman–Crippen MR) is 120 cm³/mol. The standard InChI is InChI=1S/C23H21FN4O2S/c1-15(30-18-12-10-17(24)11-13-18)22-26-27-23(28(22)2)31-14-21(29)25-20-9-5-7-16-6-3-4-8-19(16)20/h3-13,15H,14H2,1-2H3,(H,25,29). The van der Waals surface area contributed by atoms with Crippen LogP contribution >= 0.6 is 11.8 Å². The number of carbonyl (C=O) groups is 1. The van der Waals surface area contributed by atoms with Gasteiger partial charge in [0.05, 0.1) is 5.75 Å². The number of anilines is 1. The van der Waals surface area contributed by atoms with Crippen molar-refractivity contribution in [2.24, 2.45) is 7.05 Å². The molecule has 1 N–H and O–H groups in total. The lowest BCUT2D eigenvalue weighted by atomic mass is 10.1. The van der Waals surface area contributed by atoms with Crippen LogP contribution in [-0.2, 0) is 11.8 Å². The zero-order valence-electron chi connectivity index (χ0n) is 17.1. The molecule has 1 amide bonds. The predicted octanol–water partition coefficient (Wildman–Crippen LogP) is 4.98. The molecule has 0 spiro atoms. The molecule has 1 heterocycles. The minimum Gasteiger partial charge on any atom is -0.483 e. The highest BCUT2D eigenvalue weighted by molar-refractivity contribution is 7.99. The van der Waals surface area contributed by atoms with E-state index in [1.165, 1.54) is 23.9 Å². The van der Waals surface area contributed by atoms with Crippen LogP contribution < -0.4 is 10.1 Å². The van der Waals surface area contributed by atoms with Crippen LogP contribution in [0.5, 0.6) is 5.75 Å². The Morgan fingerprint density at radius 1 is 1.10 bits per heavy atom. The van der Waals surface area contributed by atoms with Crippen molar-refractivity contribution in [3.63, 3.8) is 0 Å². The summed E-state index contributed by atoms with van der Waals surface area (Å²) in [6, 6.07) is 19.5. The van der Waals surface area contributed by atoms with Crippen LogP contribution in [0.25, 0.3) is 10.8 Å². The molecule has 3 aromatic carbocycles. The zero-order valence-corrected chi connectivity index (χ0v) is 17.9. The summed E-state index contributed by atoms with van der Waals surface area (Å²) < 4.78 is 20.7. The van der Waals surface area contributed by atoms with Crippen molar-refractivity contribution < 1.29 is 13.9 Å². The van der Waals surface area contributed by atoms with Gasteiger partial charge in [0.15, 0.2) is 17.1 Å². The van der Waals surface area contributed by atoms with Crippen molar-refractivity contribution in [1.82, 2.24) is 14.8 Å². The molecule has 4 rings (SSSR count). The zero-order chi connectivity index (χ0) is 21.8. The molecule has 0 saturated heterocycles. The first-order valence-electron chi connectivity index (χ1n) is 9.73. The lowest BCUT2D eigenvalue weighted by Crippen LogP contribution is -2.15. The van der Waals surface area contributed by atoms with E-state index in [9.17, 15) is 9.18 Å². The second-order valence-electron chi connectivity index (χ2n) is 6.98. The maximum atomic E-state index is 13.1. The van der Waals surface area contributed by atoms with Crippen LogP contribution in [0.3, 0.4) is 0 Å². The van der Waals surface area contributed by atoms with E-state index in [1.54, 1.807) is 16.7 Å². The number of rotatable bonds is 7. The highest BCUT2D eigenvalue weighted by Crippen LogP contribution is 2.25. The van der Waals surface area contributed by atoms with Crippen molar-refractivity contribution in [3.8, 4) is 5.75 Å². The van der Waals surface area contributed by atoms with Gasteiger partial charge in [0.1, 0.15) is 11.6 Å². The van der Waals surface area contributed by atoms with E-state index < -0.39 is 0 Å². The van der Waals surface area contributed by atoms with Crippen LogP contribution in [0.1, 0.15) is 18.9 Å². The molecule has 0 fully saturated rings. The number of fused-ring (bicyclic) bond motifs is 1. The summed E-state index contributed by atoms with van der Waals surface area (Å²) in [5, 5.41) is 14.0. The summed E-state index contributed by atoms with van der Waals surface area (Å²) in [6.07, 6.45) is -0.387. The fourth-order valence-corrected chi connectivity index (χ4v) is 3.94. The molecule has 0 aliphatic heterocycles. The minimum atomic E-state index is -0.387. The molecule has 0 aliphatic carbocycles. The molecular weight excluding hydrogens is 415 g/mol. The fourth-order valence-electron chi connectivity index (χ4n) is 3.23. The van der Waals surface area contributed by atoms with Gasteiger partial charge < -0.3 is 14.6 Å². The van der Waals surface area contributed by atoms with E-state index in [-0.39, 0.29) is 23.6 Å². The van der Waals surface area contributed by atoms with Crippen LogP contribution in [0.2, 0.25) is 0 Å². The molecular formula is C23H21FN4O2S. The molecule has 1 atom stereocenters. The largest absolute Gasteiger partial charge is 0.483 e. The lowest BCUT2D eigenvalue weighted by molar-refractivity contribution is -0.113. The van der Waals surface area contributed by atoms with E-state index in [1.807, 2.05) is 56.4 Å². The number of amides is 1. The third-order valence-electron chi connectivity index (χ3n) is 4.75. The number of halogens is 1. The van der Waals surface area contributed by atoms with Gasteiger partial charge >= 0.3 is 0 Å². The van der Waals surface area contributed by atoms with Gasteiger partial charge in [-0.1, -0.05) is 48.2 Å². The topological polar surface area (TPSA) is 69.0 Å². The summed E-state index contributed by atoms with van der Waals surface area (Å²) >= 11 is 1.30. The third-order valence-corrected chi connectivity index (χ3v) is 5.78. The van der Waals surface area contributed by atoms with Gasteiger partial charge in [0.2, 0.25) is 5.91 Å². The second kappa shape index (κ2) is 9.18. The molecule has 158 valence electrons. The van der Waals surface area contributed by atoms with Crippen LogP contribution in [-0.4, -0.2) is 26.4 Å². The first-order chi connectivity index (χ1) is 15.0. The number of aromatic nitrogens is 3. The van der Waals surface area contributed by atoms with Gasteiger partial charge in [-0.2, -0.15) is 0 Å². The smallest absolute Gasteiger partial charge is 0.234 e. The molecule has 8 heteroatoms. The Bertz CT molecular complexity index is 1200. The third kappa shape index (κ3) is 4.86. The number of hydrogen-bond donors (Lipinski definition) is 1. The molecule has 1 aromatic heterocycles. The van der Waals surface area contributed by atoms with Crippen molar-refractivity contribution in [3.05, 3.63) is 78.4 Å². The SMILES string of the molecule is CC(Oc1ccc(F)cc1)c1nnc(SCC(=O)Nc2cccc3ccccc23)n1C. The number of thioether (sulfide) groups is 1. The van der Waals surface area contributed by atoms with E-state index in [0.717, 1.165) is 16.5 Å². The molecule has 31 heavy (non-hydrogen) atoms. The molecule has 0 radical (unpaired) electrons. The van der Waals surface area contributed by atoms with Gasteiger partial charge in [0, 0.05) is 18.1 Å². The Labute approximate surface area is 183 Å². The van der Waals surface area contributed by atoms with E-state index in [0.29, 0.717) is 16.7 Å². The molecule has 0 saturated carbocycles. The van der Waals surface area contributed by atoms with Crippen LogP contribution in [0.15, 0.2) is 71.9 Å². The van der Waals surface area contributed by atoms with Crippen molar-refractivity contribution in [2.45, 2.75) is 18.2 Å². The molecule has 0 bridgehead atoms. The summed E-state index contributed by atoms with van der Waals surface area (Å²) in [5.74, 6) is 0.907. The normalized spacial score (nSPS) is 12.0. The van der Waals surface area contributed by atoms with Crippen molar-refractivity contribution in [2.75, 3.05) is 11.1 Å². The maximum absolute atomic E-state index is 13.1. The van der Waals surface area contributed by atoms with Crippen LogP contribution in [0.4, 0.5) is 10.1 Å². The van der Waals surface area contributed by atoms with Gasteiger partial charge in [-0.3, -0.25) is 4.79 Å². The second-order valence-corrected chi connectivity index (χ2v) is 7.92. The van der Waals surface area contributed by atoms with Gasteiger partial charge in [-0.05, 0) is 42.6 Å². The number of nitrogens with one attached hydrogen (secondary N) is 1. The average Bonchev–Trinajstić information content (AvgIpc) is 3.14. The summed E-state index contributed by atoms with van der Waals surface area (Å²) in [5.41, 5.74) is 0.781. The number of hydrogen-bond acceptors (Lipinski definition) is 5. The summed E-state index contributed by atoms with van der Waals surface area (Å²) in [7, 11) is 1.82. The van der Waals surface area contributed by atoms with Gasteiger partial charge in [-0.25, -0.2) is 4.39 Å². The molecule has 0 aliphatic rings. The molecule has 4 aromatic rings. The average molecular weight is 437 g/mol. The minimum absolute atomic E-state index is 0.124. The quantitative estimate of drug-likeness (QED) is 0.414. The Kier molecular flexibility index (Phi) is 6.18. The molecule has 1 unspecified atom stereocenters. The number of carbonyl (C=O) groups excluding carboxylic acids is 1. The summed E-state index contributed by atoms with van der Waals surface area (Å²) in [4.78, 5) is 12.5. The Morgan fingerprint density at radius 2 is 1.84 bits per heavy atom. The number of ether oxygens (including phenoxy) is 1. The monoisotopic (exact) mass is 436 g/mol. The summed E-state index contributed by atoms with van der Waals surface area (Å²) in [6.45, 7) is 1.84. The van der Waals surface area contributed by atoms with E-state index in [2.05, 4.69) is 15.5 Å². The first-order valence-corrected chi connectivity index (χ1v) is 10.7.